The van der Waals surface area contributed by atoms with Gasteiger partial charge in [-0.1, -0.05) is 5.21 Å². The van der Waals surface area contributed by atoms with Crippen LogP contribution in [0.4, 0.5) is 0 Å². The van der Waals surface area contributed by atoms with Gasteiger partial charge in [0, 0.05) is 15.8 Å². The smallest absolute Gasteiger partial charge is 0.215 e. The number of nitrogens with zero attached hydrogens (tertiary/aromatic N) is 3. The first kappa shape index (κ1) is 12.5. The standard InChI is InChI=1S/C13H16N4OS/c1-9-6-10(8-19-9)13(18)12-7-17(16-15-12)11-2-4-14-5-3-11/h6-8,11,14H,2-5H2,1H3. The molecule has 100 valence electrons. The third kappa shape index (κ3) is 2.59. The van der Waals surface area contributed by atoms with Crippen LogP contribution in [0.1, 0.15) is 39.8 Å². The zero-order valence-corrected chi connectivity index (χ0v) is 11.6. The molecule has 1 fully saturated rings. The van der Waals surface area contributed by atoms with Crippen molar-refractivity contribution >= 4 is 17.1 Å². The van der Waals surface area contributed by atoms with Gasteiger partial charge in [-0.15, -0.1) is 16.4 Å². The van der Waals surface area contributed by atoms with Crippen LogP contribution in [0.15, 0.2) is 17.6 Å². The molecule has 0 unspecified atom stereocenters. The number of ketones is 1. The Morgan fingerprint density at radius 1 is 1.47 bits per heavy atom. The van der Waals surface area contributed by atoms with Gasteiger partial charge in [0.2, 0.25) is 5.78 Å². The van der Waals surface area contributed by atoms with Crippen LogP contribution in [-0.4, -0.2) is 33.9 Å². The summed E-state index contributed by atoms with van der Waals surface area (Å²) in [5.41, 5.74) is 1.15. The average molecular weight is 276 g/mol. The Labute approximate surface area is 115 Å². The molecule has 0 radical (unpaired) electrons. The monoisotopic (exact) mass is 276 g/mol. The summed E-state index contributed by atoms with van der Waals surface area (Å²) in [4.78, 5) is 13.4. The van der Waals surface area contributed by atoms with Gasteiger partial charge in [-0.2, -0.15) is 0 Å². The van der Waals surface area contributed by atoms with Crippen molar-refractivity contribution in [2.24, 2.45) is 0 Å². The lowest BCUT2D eigenvalue weighted by atomic mass is 10.1. The molecule has 6 heteroatoms. The molecule has 19 heavy (non-hydrogen) atoms. The van der Waals surface area contributed by atoms with Crippen molar-refractivity contribution in [3.8, 4) is 0 Å². The summed E-state index contributed by atoms with van der Waals surface area (Å²) in [6.45, 7) is 3.99. The molecule has 0 amide bonds. The third-order valence-electron chi connectivity index (χ3n) is 3.42. The lowest BCUT2D eigenvalue weighted by Gasteiger charge is -2.22. The SMILES string of the molecule is Cc1cc(C(=O)c2cn(C3CCNCC3)nn2)cs1. The predicted octanol–water partition coefficient (Wildman–Crippen LogP) is 1.80. The summed E-state index contributed by atoms with van der Waals surface area (Å²) < 4.78 is 1.84. The molecule has 1 saturated heterocycles. The minimum Gasteiger partial charge on any atom is -0.317 e. The first-order valence-corrected chi connectivity index (χ1v) is 7.34. The molecule has 3 rings (SSSR count). The molecular weight excluding hydrogens is 260 g/mol. The molecule has 1 aliphatic rings. The van der Waals surface area contributed by atoms with E-state index in [0.717, 1.165) is 30.8 Å². The topological polar surface area (TPSA) is 59.8 Å². The fourth-order valence-corrected chi connectivity index (χ4v) is 3.02. The predicted molar refractivity (Wildman–Crippen MR) is 73.7 cm³/mol. The highest BCUT2D eigenvalue weighted by molar-refractivity contribution is 7.10. The molecule has 0 saturated carbocycles. The molecule has 0 atom stereocenters. The van der Waals surface area contributed by atoms with Gasteiger partial charge in [-0.3, -0.25) is 4.79 Å². The van der Waals surface area contributed by atoms with Gasteiger partial charge in [0.15, 0.2) is 5.69 Å². The largest absolute Gasteiger partial charge is 0.317 e. The second-order valence-electron chi connectivity index (χ2n) is 4.84. The van der Waals surface area contributed by atoms with Gasteiger partial charge in [0.05, 0.1) is 12.2 Å². The maximum atomic E-state index is 12.2. The fourth-order valence-electron chi connectivity index (χ4n) is 2.34. The normalized spacial score (nSPS) is 16.7. The number of carbonyl (C=O) groups is 1. The summed E-state index contributed by atoms with van der Waals surface area (Å²) in [6.07, 6.45) is 3.86. The Balaban J connectivity index is 1.78. The highest BCUT2D eigenvalue weighted by Gasteiger charge is 2.19. The lowest BCUT2D eigenvalue weighted by Crippen LogP contribution is -2.29. The van der Waals surface area contributed by atoms with Crippen molar-refractivity contribution < 1.29 is 4.79 Å². The highest BCUT2D eigenvalue weighted by Crippen LogP contribution is 2.19. The number of hydrogen-bond acceptors (Lipinski definition) is 5. The van der Waals surface area contributed by atoms with E-state index in [1.807, 2.05) is 23.1 Å². The van der Waals surface area contributed by atoms with E-state index < -0.39 is 0 Å². The minimum atomic E-state index is -0.0375. The minimum absolute atomic E-state index is 0.0375. The summed E-state index contributed by atoms with van der Waals surface area (Å²) in [6, 6.07) is 2.26. The molecule has 1 N–H and O–H groups in total. The van der Waals surface area contributed by atoms with E-state index in [1.54, 1.807) is 17.5 Å². The van der Waals surface area contributed by atoms with Gasteiger partial charge in [-0.05, 0) is 38.9 Å². The Hall–Kier alpha value is -1.53. The van der Waals surface area contributed by atoms with Gasteiger partial charge < -0.3 is 5.32 Å². The van der Waals surface area contributed by atoms with Crippen molar-refractivity contribution in [2.75, 3.05) is 13.1 Å². The van der Waals surface area contributed by atoms with E-state index in [2.05, 4.69) is 15.6 Å². The van der Waals surface area contributed by atoms with Crippen LogP contribution in [0.3, 0.4) is 0 Å². The molecule has 1 aliphatic heterocycles. The molecule has 0 aromatic carbocycles. The quantitative estimate of drug-likeness (QED) is 0.869. The van der Waals surface area contributed by atoms with Crippen LogP contribution in [0.2, 0.25) is 0 Å². The van der Waals surface area contributed by atoms with Crippen LogP contribution >= 0.6 is 11.3 Å². The number of hydrogen-bond donors (Lipinski definition) is 1. The van der Waals surface area contributed by atoms with Gasteiger partial charge in [-0.25, -0.2) is 4.68 Å². The number of carbonyl (C=O) groups excluding carboxylic acids is 1. The number of aryl methyl sites for hydroxylation is 1. The molecule has 5 nitrogen and oxygen atoms in total. The number of piperidine rings is 1. The van der Waals surface area contributed by atoms with Crippen LogP contribution in [0, 0.1) is 6.92 Å². The summed E-state index contributed by atoms with van der Waals surface area (Å²) in [7, 11) is 0. The van der Waals surface area contributed by atoms with E-state index in [9.17, 15) is 4.79 Å². The summed E-state index contributed by atoms with van der Waals surface area (Å²) in [5, 5.41) is 13.3. The van der Waals surface area contributed by atoms with Crippen LogP contribution < -0.4 is 5.32 Å². The van der Waals surface area contributed by atoms with Gasteiger partial charge in [0.1, 0.15) is 0 Å². The summed E-state index contributed by atoms with van der Waals surface area (Å²) in [5.74, 6) is -0.0375. The Bertz CT molecular complexity index is 583. The second kappa shape index (κ2) is 5.22. The van der Waals surface area contributed by atoms with Crippen molar-refractivity contribution in [2.45, 2.75) is 25.8 Å². The van der Waals surface area contributed by atoms with Crippen molar-refractivity contribution in [3.05, 3.63) is 33.8 Å². The average Bonchev–Trinajstić information content (AvgIpc) is 3.08. The van der Waals surface area contributed by atoms with E-state index in [-0.39, 0.29) is 5.78 Å². The van der Waals surface area contributed by atoms with Gasteiger partial charge in [0.25, 0.3) is 0 Å². The number of rotatable bonds is 3. The first-order chi connectivity index (χ1) is 9.24. The molecule has 0 aliphatic carbocycles. The van der Waals surface area contributed by atoms with Crippen LogP contribution in [0.25, 0.3) is 0 Å². The van der Waals surface area contributed by atoms with Crippen LogP contribution in [0.5, 0.6) is 0 Å². The molecule has 0 bridgehead atoms. The maximum Gasteiger partial charge on any atom is 0.215 e. The molecular formula is C13H16N4OS. The zero-order chi connectivity index (χ0) is 13.2. The van der Waals surface area contributed by atoms with E-state index in [4.69, 9.17) is 0 Å². The van der Waals surface area contributed by atoms with E-state index in [0.29, 0.717) is 17.3 Å². The third-order valence-corrected chi connectivity index (χ3v) is 4.28. The second-order valence-corrected chi connectivity index (χ2v) is 5.96. The Morgan fingerprint density at radius 3 is 2.95 bits per heavy atom. The summed E-state index contributed by atoms with van der Waals surface area (Å²) >= 11 is 1.58. The maximum absolute atomic E-state index is 12.2. The number of aromatic nitrogens is 3. The van der Waals surface area contributed by atoms with Crippen molar-refractivity contribution in [1.29, 1.82) is 0 Å². The zero-order valence-electron chi connectivity index (χ0n) is 10.8. The van der Waals surface area contributed by atoms with Crippen molar-refractivity contribution in [3.63, 3.8) is 0 Å². The molecule has 2 aromatic heterocycles. The van der Waals surface area contributed by atoms with Crippen LogP contribution in [-0.2, 0) is 0 Å². The Morgan fingerprint density at radius 2 is 2.26 bits per heavy atom. The highest BCUT2D eigenvalue weighted by atomic mass is 32.1. The molecule has 2 aromatic rings. The van der Waals surface area contributed by atoms with Gasteiger partial charge >= 0.3 is 0 Å². The number of thiophene rings is 1. The van der Waals surface area contributed by atoms with E-state index >= 15 is 0 Å². The van der Waals surface area contributed by atoms with Crippen molar-refractivity contribution in [1.82, 2.24) is 20.3 Å². The van der Waals surface area contributed by atoms with E-state index in [1.165, 1.54) is 0 Å². The number of nitrogens with one attached hydrogen (secondary N) is 1. The lowest BCUT2D eigenvalue weighted by molar-refractivity contribution is 0.103. The Kier molecular flexibility index (Phi) is 3.44. The molecule has 3 heterocycles. The first-order valence-electron chi connectivity index (χ1n) is 6.46. The molecule has 0 spiro atoms. The fraction of sp³-hybridized carbons (Fsp3) is 0.462.